The van der Waals surface area contributed by atoms with Crippen LogP contribution in [0.2, 0.25) is 0 Å². The molecule has 23 heavy (non-hydrogen) atoms. The second-order valence-corrected chi connectivity index (χ2v) is 7.14. The van der Waals surface area contributed by atoms with E-state index in [1.807, 2.05) is 0 Å². The third-order valence-electron chi connectivity index (χ3n) is 4.24. The van der Waals surface area contributed by atoms with Gasteiger partial charge in [0.05, 0.1) is 10.7 Å². The molecular weight excluding hydrogens is 419 g/mol. The van der Waals surface area contributed by atoms with E-state index in [-0.39, 0.29) is 24.0 Å². The Morgan fingerprint density at radius 2 is 2.04 bits per heavy atom. The molecule has 132 valence electrons. The first kappa shape index (κ1) is 20.7. The van der Waals surface area contributed by atoms with Crippen molar-refractivity contribution in [3.8, 4) is 0 Å². The van der Waals surface area contributed by atoms with Gasteiger partial charge >= 0.3 is 0 Å². The van der Waals surface area contributed by atoms with Crippen molar-refractivity contribution in [3.05, 3.63) is 16.1 Å². The minimum absolute atomic E-state index is 0. The van der Waals surface area contributed by atoms with Crippen molar-refractivity contribution in [2.24, 2.45) is 10.9 Å². The van der Waals surface area contributed by atoms with Gasteiger partial charge in [0.1, 0.15) is 0 Å². The van der Waals surface area contributed by atoms with Crippen LogP contribution in [0.15, 0.2) is 10.4 Å². The third-order valence-corrected chi connectivity index (χ3v) is 5.28. The van der Waals surface area contributed by atoms with Crippen LogP contribution in [-0.4, -0.2) is 30.1 Å². The van der Waals surface area contributed by atoms with Gasteiger partial charge in [-0.2, -0.15) is 0 Å². The van der Waals surface area contributed by atoms with Crippen molar-refractivity contribution < 1.29 is 0 Å². The Balaban J connectivity index is 0.00000264. The number of hydrogen-bond donors (Lipinski definition) is 2. The molecular formula is C17H31IN4S. The van der Waals surface area contributed by atoms with Gasteiger partial charge in [0.15, 0.2) is 5.96 Å². The molecule has 0 aromatic carbocycles. The SMILES string of the molecule is CCNC(=NCCc1csc(CC)n1)NC1CCC(C)CC1.I. The topological polar surface area (TPSA) is 49.3 Å². The van der Waals surface area contributed by atoms with Gasteiger partial charge in [0.2, 0.25) is 0 Å². The minimum Gasteiger partial charge on any atom is -0.357 e. The molecule has 0 saturated heterocycles. The number of hydrogen-bond acceptors (Lipinski definition) is 3. The van der Waals surface area contributed by atoms with E-state index < -0.39 is 0 Å². The maximum absolute atomic E-state index is 4.72. The third kappa shape index (κ3) is 7.37. The average molecular weight is 450 g/mol. The van der Waals surface area contributed by atoms with Gasteiger partial charge < -0.3 is 10.6 Å². The van der Waals surface area contributed by atoms with Crippen molar-refractivity contribution in [3.63, 3.8) is 0 Å². The summed E-state index contributed by atoms with van der Waals surface area (Å²) >= 11 is 1.76. The summed E-state index contributed by atoms with van der Waals surface area (Å²) < 4.78 is 0. The standard InChI is InChI=1S/C17H30N4S.HI/c1-4-16-20-15(12-22-16)10-11-19-17(18-5-2)21-14-8-6-13(3)7-9-14;/h12-14H,4-11H2,1-3H3,(H2,18,19,21);1H. The van der Waals surface area contributed by atoms with Crippen molar-refractivity contribution in [2.45, 2.75) is 65.3 Å². The second kappa shape index (κ2) is 11.2. The fourth-order valence-corrected chi connectivity index (χ4v) is 3.61. The molecule has 1 aliphatic carbocycles. The molecule has 6 heteroatoms. The Hall–Kier alpha value is -0.370. The summed E-state index contributed by atoms with van der Waals surface area (Å²) in [4.78, 5) is 9.32. The zero-order valence-corrected chi connectivity index (χ0v) is 17.7. The zero-order valence-electron chi connectivity index (χ0n) is 14.6. The highest BCUT2D eigenvalue weighted by molar-refractivity contribution is 14.0. The zero-order chi connectivity index (χ0) is 15.8. The van der Waals surface area contributed by atoms with Crippen molar-refractivity contribution in [1.29, 1.82) is 0 Å². The van der Waals surface area contributed by atoms with Gasteiger partial charge in [-0.05, 0) is 44.9 Å². The molecule has 2 N–H and O–H groups in total. The number of thiazole rings is 1. The molecule has 0 bridgehead atoms. The van der Waals surface area contributed by atoms with Crippen molar-refractivity contribution in [2.75, 3.05) is 13.1 Å². The second-order valence-electron chi connectivity index (χ2n) is 6.20. The van der Waals surface area contributed by atoms with E-state index in [2.05, 4.69) is 41.8 Å². The highest BCUT2D eigenvalue weighted by Gasteiger charge is 2.18. The van der Waals surface area contributed by atoms with E-state index in [0.29, 0.717) is 6.04 Å². The van der Waals surface area contributed by atoms with E-state index in [1.165, 1.54) is 36.4 Å². The summed E-state index contributed by atoms with van der Waals surface area (Å²) in [6.07, 6.45) is 7.13. The molecule has 0 atom stereocenters. The van der Waals surface area contributed by atoms with Crippen LogP contribution in [0.4, 0.5) is 0 Å². The molecule has 1 heterocycles. The van der Waals surface area contributed by atoms with Crippen LogP contribution in [0.25, 0.3) is 0 Å². The number of nitrogens with zero attached hydrogens (tertiary/aromatic N) is 2. The minimum atomic E-state index is 0. The average Bonchev–Trinajstić information content (AvgIpc) is 2.98. The van der Waals surface area contributed by atoms with Gasteiger partial charge in [0.25, 0.3) is 0 Å². The molecule has 0 unspecified atom stereocenters. The first-order chi connectivity index (χ1) is 10.7. The highest BCUT2D eigenvalue weighted by Crippen LogP contribution is 2.23. The van der Waals surface area contributed by atoms with Crippen molar-refractivity contribution in [1.82, 2.24) is 15.6 Å². The number of halogens is 1. The lowest BCUT2D eigenvalue weighted by molar-refractivity contribution is 0.329. The maximum Gasteiger partial charge on any atom is 0.191 e. The summed E-state index contributed by atoms with van der Waals surface area (Å²) in [6.45, 7) is 8.33. The molecule has 0 radical (unpaired) electrons. The predicted molar refractivity (Wildman–Crippen MR) is 111 cm³/mol. The predicted octanol–water partition coefficient (Wildman–Crippen LogP) is 4.00. The lowest BCUT2D eigenvalue weighted by Crippen LogP contribution is -2.44. The molecule has 2 rings (SSSR count). The first-order valence-corrected chi connectivity index (χ1v) is 9.57. The summed E-state index contributed by atoms with van der Waals surface area (Å²) in [7, 11) is 0. The summed E-state index contributed by atoms with van der Waals surface area (Å²) in [5.41, 5.74) is 1.17. The lowest BCUT2D eigenvalue weighted by atomic mass is 9.87. The van der Waals surface area contributed by atoms with Crippen LogP contribution < -0.4 is 10.6 Å². The fraction of sp³-hybridized carbons (Fsp3) is 0.765. The first-order valence-electron chi connectivity index (χ1n) is 8.69. The van der Waals surface area contributed by atoms with Gasteiger partial charge in [-0.15, -0.1) is 35.3 Å². The normalized spacial score (nSPS) is 21.6. The monoisotopic (exact) mass is 450 g/mol. The summed E-state index contributed by atoms with van der Waals surface area (Å²) in [5, 5.41) is 10.4. The number of nitrogens with one attached hydrogen (secondary N) is 2. The molecule has 1 fully saturated rings. The van der Waals surface area contributed by atoms with Crippen LogP contribution in [0.5, 0.6) is 0 Å². The largest absolute Gasteiger partial charge is 0.357 e. The molecule has 1 aliphatic rings. The van der Waals surface area contributed by atoms with E-state index in [0.717, 1.165) is 37.8 Å². The van der Waals surface area contributed by atoms with Crippen LogP contribution in [-0.2, 0) is 12.8 Å². The number of aliphatic imine (C=N–C) groups is 1. The number of aromatic nitrogens is 1. The number of aryl methyl sites for hydroxylation is 1. The number of guanidine groups is 1. The molecule has 4 nitrogen and oxygen atoms in total. The Morgan fingerprint density at radius 1 is 1.30 bits per heavy atom. The van der Waals surface area contributed by atoms with Gasteiger partial charge in [0, 0.05) is 30.9 Å². The molecule has 1 aromatic heterocycles. The van der Waals surface area contributed by atoms with E-state index in [1.54, 1.807) is 11.3 Å². The van der Waals surface area contributed by atoms with Crippen LogP contribution in [0.1, 0.15) is 57.2 Å². The molecule has 0 aliphatic heterocycles. The van der Waals surface area contributed by atoms with Crippen molar-refractivity contribution >= 4 is 41.3 Å². The van der Waals surface area contributed by atoms with E-state index in [4.69, 9.17) is 4.99 Å². The number of rotatable bonds is 6. The van der Waals surface area contributed by atoms with E-state index >= 15 is 0 Å². The fourth-order valence-electron chi connectivity index (χ4n) is 2.83. The Morgan fingerprint density at radius 3 is 2.65 bits per heavy atom. The Kier molecular flexibility index (Phi) is 10.1. The van der Waals surface area contributed by atoms with Crippen LogP contribution >= 0.6 is 35.3 Å². The summed E-state index contributed by atoms with van der Waals surface area (Å²) in [6, 6.07) is 0.583. The Bertz CT molecular complexity index is 467. The lowest BCUT2D eigenvalue weighted by Gasteiger charge is -2.28. The quantitative estimate of drug-likeness (QED) is 0.391. The molecule has 1 saturated carbocycles. The van der Waals surface area contributed by atoms with Crippen LogP contribution in [0, 0.1) is 5.92 Å². The van der Waals surface area contributed by atoms with Gasteiger partial charge in [-0.25, -0.2) is 4.98 Å². The summed E-state index contributed by atoms with van der Waals surface area (Å²) in [5.74, 6) is 1.85. The smallest absolute Gasteiger partial charge is 0.191 e. The van der Waals surface area contributed by atoms with E-state index in [9.17, 15) is 0 Å². The molecule has 0 amide bonds. The van der Waals surface area contributed by atoms with Gasteiger partial charge in [-0.1, -0.05) is 13.8 Å². The highest BCUT2D eigenvalue weighted by atomic mass is 127. The molecule has 0 spiro atoms. The molecule has 1 aromatic rings. The van der Waals surface area contributed by atoms with Crippen LogP contribution in [0.3, 0.4) is 0 Å². The maximum atomic E-state index is 4.72. The Labute approximate surface area is 162 Å². The van der Waals surface area contributed by atoms with Gasteiger partial charge in [-0.3, -0.25) is 4.99 Å².